The SMILES string of the molecule is Cn1cncc1CNc1ccc(F)c(NS(C)(=O)=O)c1. The minimum absolute atomic E-state index is 0.0810. The van der Waals surface area contributed by atoms with Crippen molar-refractivity contribution in [1.29, 1.82) is 0 Å². The first kappa shape index (κ1) is 14.3. The molecule has 0 atom stereocenters. The highest BCUT2D eigenvalue weighted by Gasteiger charge is 2.08. The van der Waals surface area contributed by atoms with E-state index in [0.29, 0.717) is 12.2 Å². The molecule has 20 heavy (non-hydrogen) atoms. The van der Waals surface area contributed by atoms with E-state index in [0.717, 1.165) is 11.9 Å². The smallest absolute Gasteiger partial charge is 0.229 e. The Morgan fingerprint density at radius 3 is 2.75 bits per heavy atom. The first-order chi connectivity index (χ1) is 9.35. The van der Waals surface area contributed by atoms with Crippen LogP contribution in [0.25, 0.3) is 0 Å². The van der Waals surface area contributed by atoms with Crippen molar-refractivity contribution in [3.63, 3.8) is 0 Å². The molecule has 2 rings (SSSR count). The maximum atomic E-state index is 13.5. The van der Waals surface area contributed by atoms with Crippen LogP contribution in [0.3, 0.4) is 0 Å². The second-order valence-electron chi connectivity index (χ2n) is 4.42. The molecule has 0 saturated carbocycles. The number of imidazole rings is 1. The molecule has 0 fully saturated rings. The number of anilines is 2. The van der Waals surface area contributed by atoms with Crippen LogP contribution in [0, 0.1) is 5.82 Å². The van der Waals surface area contributed by atoms with E-state index in [2.05, 4.69) is 15.0 Å². The predicted octanol–water partition coefficient (Wildman–Crippen LogP) is 1.54. The van der Waals surface area contributed by atoms with Crippen molar-refractivity contribution in [3.8, 4) is 0 Å². The van der Waals surface area contributed by atoms with Gasteiger partial charge in [0.2, 0.25) is 10.0 Å². The van der Waals surface area contributed by atoms with Crippen LogP contribution in [0.2, 0.25) is 0 Å². The van der Waals surface area contributed by atoms with Crippen molar-refractivity contribution in [1.82, 2.24) is 9.55 Å². The molecule has 8 heteroatoms. The number of nitrogens with zero attached hydrogens (tertiary/aromatic N) is 2. The molecule has 2 N–H and O–H groups in total. The van der Waals surface area contributed by atoms with Crippen LogP contribution >= 0.6 is 0 Å². The van der Waals surface area contributed by atoms with Crippen LogP contribution in [-0.2, 0) is 23.6 Å². The fraction of sp³-hybridized carbons (Fsp3) is 0.250. The second-order valence-corrected chi connectivity index (χ2v) is 6.17. The highest BCUT2D eigenvalue weighted by atomic mass is 32.2. The summed E-state index contributed by atoms with van der Waals surface area (Å²) < 4.78 is 39.8. The quantitative estimate of drug-likeness (QED) is 0.878. The zero-order chi connectivity index (χ0) is 14.8. The van der Waals surface area contributed by atoms with Crippen molar-refractivity contribution < 1.29 is 12.8 Å². The molecule has 0 spiro atoms. The second kappa shape index (κ2) is 5.49. The Bertz CT molecular complexity index is 712. The lowest BCUT2D eigenvalue weighted by Crippen LogP contribution is -2.11. The summed E-state index contributed by atoms with van der Waals surface area (Å²) in [7, 11) is -1.65. The van der Waals surface area contributed by atoms with Crippen LogP contribution in [0.1, 0.15) is 5.69 Å². The van der Waals surface area contributed by atoms with Crippen molar-refractivity contribution in [3.05, 3.63) is 42.2 Å². The number of nitrogens with one attached hydrogen (secondary N) is 2. The van der Waals surface area contributed by atoms with Crippen LogP contribution in [0.5, 0.6) is 0 Å². The molecule has 1 aromatic heterocycles. The topological polar surface area (TPSA) is 76.0 Å². The molecule has 108 valence electrons. The maximum Gasteiger partial charge on any atom is 0.229 e. The van der Waals surface area contributed by atoms with Gasteiger partial charge in [-0.15, -0.1) is 0 Å². The molecule has 1 heterocycles. The fourth-order valence-electron chi connectivity index (χ4n) is 1.66. The van der Waals surface area contributed by atoms with Gasteiger partial charge >= 0.3 is 0 Å². The molecular formula is C12H15FN4O2S. The number of benzene rings is 1. The van der Waals surface area contributed by atoms with Gasteiger partial charge in [-0.25, -0.2) is 17.8 Å². The minimum atomic E-state index is -3.51. The van der Waals surface area contributed by atoms with Crippen LogP contribution in [0.4, 0.5) is 15.8 Å². The zero-order valence-electron chi connectivity index (χ0n) is 11.1. The number of aryl methyl sites for hydroxylation is 1. The van der Waals surface area contributed by atoms with Crippen molar-refractivity contribution >= 4 is 21.4 Å². The highest BCUT2D eigenvalue weighted by molar-refractivity contribution is 7.92. The molecule has 0 bridgehead atoms. The van der Waals surface area contributed by atoms with Gasteiger partial charge < -0.3 is 9.88 Å². The summed E-state index contributed by atoms with van der Waals surface area (Å²) in [5, 5.41) is 3.08. The summed E-state index contributed by atoms with van der Waals surface area (Å²) in [6, 6.07) is 4.16. The molecule has 6 nitrogen and oxygen atoms in total. The molecule has 0 aliphatic rings. The Morgan fingerprint density at radius 1 is 1.40 bits per heavy atom. The van der Waals surface area contributed by atoms with Crippen molar-refractivity contribution in [2.24, 2.45) is 7.05 Å². The molecule has 0 aliphatic heterocycles. The lowest BCUT2D eigenvalue weighted by molar-refractivity contribution is 0.604. The van der Waals surface area contributed by atoms with E-state index < -0.39 is 15.8 Å². The number of hydrogen-bond donors (Lipinski definition) is 2. The first-order valence-electron chi connectivity index (χ1n) is 5.81. The van der Waals surface area contributed by atoms with Gasteiger partial charge in [0.1, 0.15) is 5.82 Å². The summed E-state index contributed by atoms with van der Waals surface area (Å²) in [6.45, 7) is 0.500. The molecule has 0 saturated heterocycles. The average molecular weight is 298 g/mol. The summed E-state index contributed by atoms with van der Waals surface area (Å²) in [6.07, 6.45) is 4.37. The van der Waals surface area contributed by atoms with Crippen molar-refractivity contribution in [2.45, 2.75) is 6.54 Å². The van der Waals surface area contributed by atoms with E-state index in [1.807, 2.05) is 11.6 Å². The van der Waals surface area contributed by atoms with Gasteiger partial charge in [0.25, 0.3) is 0 Å². The van der Waals surface area contributed by atoms with Gasteiger partial charge in [0.05, 0.1) is 30.5 Å². The number of halogens is 1. The standard InChI is InChI=1S/C12H15FN4O2S/c1-17-8-14-6-10(17)7-15-9-3-4-11(13)12(5-9)16-20(2,18)19/h3-6,8,15-16H,7H2,1-2H3. The lowest BCUT2D eigenvalue weighted by atomic mass is 10.2. The summed E-state index contributed by atoms with van der Waals surface area (Å²) in [5.41, 5.74) is 1.48. The average Bonchev–Trinajstić information content (AvgIpc) is 2.74. The molecule has 1 aromatic carbocycles. The normalized spacial score (nSPS) is 11.3. The Labute approximate surface area is 116 Å². The van der Waals surface area contributed by atoms with Gasteiger partial charge in [-0.05, 0) is 18.2 Å². The predicted molar refractivity (Wildman–Crippen MR) is 75.4 cm³/mol. The van der Waals surface area contributed by atoms with Crippen LogP contribution < -0.4 is 10.0 Å². The monoisotopic (exact) mass is 298 g/mol. The van der Waals surface area contributed by atoms with E-state index in [1.165, 1.54) is 12.1 Å². The molecular weight excluding hydrogens is 283 g/mol. The van der Waals surface area contributed by atoms with Crippen LogP contribution in [-0.4, -0.2) is 24.2 Å². The van der Waals surface area contributed by atoms with Gasteiger partial charge in [-0.3, -0.25) is 4.72 Å². The van der Waals surface area contributed by atoms with E-state index >= 15 is 0 Å². The Kier molecular flexibility index (Phi) is 3.93. The summed E-state index contributed by atoms with van der Waals surface area (Å²) in [4.78, 5) is 3.99. The number of hydrogen-bond acceptors (Lipinski definition) is 4. The fourth-order valence-corrected chi connectivity index (χ4v) is 2.22. The largest absolute Gasteiger partial charge is 0.379 e. The molecule has 0 aliphatic carbocycles. The molecule has 2 aromatic rings. The molecule has 0 radical (unpaired) electrons. The van der Waals surface area contributed by atoms with E-state index in [1.54, 1.807) is 18.6 Å². The molecule has 0 unspecified atom stereocenters. The summed E-state index contributed by atoms with van der Waals surface area (Å²) >= 11 is 0. The van der Waals surface area contributed by atoms with E-state index in [9.17, 15) is 12.8 Å². The lowest BCUT2D eigenvalue weighted by Gasteiger charge is -2.10. The highest BCUT2D eigenvalue weighted by Crippen LogP contribution is 2.21. The third-order valence-electron chi connectivity index (χ3n) is 2.65. The van der Waals surface area contributed by atoms with Crippen LogP contribution in [0.15, 0.2) is 30.7 Å². The number of sulfonamides is 1. The van der Waals surface area contributed by atoms with E-state index in [-0.39, 0.29) is 5.69 Å². The first-order valence-corrected chi connectivity index (χ1v) is 7.71. The summed E-state index contributed by atoms with van der Waals surface area (Å²) in [5.74, 6) is -0.624. The number of rotatable bonds is 5. The Hall–Kier alpha value is -2.09. The molecule has 0 amide bonds. The van der Waals surface area contributed by atoms with Gasteiger partial charge in [0.15, 0.2) is 0 Å². The zero-order valence-corrected chi connectivity index (χ0v) is 11.9. The van der Waals surface area contributed by atoms with E-state index in [4.69, 9.17) is 0 Å². The third kappa shape index (κ3) is 3.70. The minimum Gasteiger partial charge on any atom is -0.379 e. The van der Waals surface area contributed by atoms with Gasteiger partial charge in [-0.1, -0.05) is 0 Å². The van der Waals surface area contributed by atoms with Gasteiger partial charge in [-0.2, -0.15) is 0 Å². The Balaban J connectivity index is 2.13. The number of aromatic nitrogens is 2. The Morgan fingerprint density at radius 2 is 2.15 bits per heavy atom. The third-order valence-corrected chi connectivity index (χ3v) is 3.24. The van der Waals surface area contributed by atoms with Crippen molar-refractivity contribution in [2.75, 3.05) is 16.3 Å². The maximum absolute atomic E-state index is 13.5. The van der Waals surface area contributed by atoms with Gasteiger partial charge in [0, 0.05) is 18.9 Å².